The standard InChI is InChI=1S/C23H22BrFN2O5/c1-4-20(23(29)30-12-19(28)15-7-10-17(24)18(25)11-15)31-16-8-5-14(6-9-16)21-26-22(13(2)3)32-27-21/h5-11,13,20H,4,12H2,1-3H3. The summed E-state index contributed by atoms with van der Waals surface area (Å²) in [5.74, 6) is -0.158. The predicted molar refractivity (Wildman–Crippen MR) is 118 cm³/mol. The molecule has 1 atom stereocenters. The van der Waals surface area contributed by atoms with Gasteiger partial charge in [0.1, 0.15) is 11.6 Å². The number of halogens is 2. The van der Waals surface area contributed by atoms with E-state index in [9.17, 15) is 14.0 Å². The molecule has 0 saturated carbocycles. The van der Waals surface area contributed by atoms with Gasteiger partial charge in [0.2, 0.25) is 11.7 Å². The zero-order valence-electron chi connectivity index (χ0n) is 17.8. The van der Waals surface area contributed by atoms with Gasteiger partial charge < -0.3 is 14.0 Å². The molecule has 9 heteroatoms. The fourth-order valence-electron chi connectivity index (χ4n) is 2.71. The van der Waals surface area contributed by atoms with Crippen LogP contribution in [0.2, 0.25) is 0 Å². The molecule has 0 spiro atoms. The topological polar surface area (TPSA) is 91.5 Å². The first-order chi connectivity index (χ1) is 15.3. The van der Waals surface area contributed by atoms with E-state index in [1.165, 1.54) is 12.1 Å². The van der Waals surface area contributed by atoms with Gasteiger partial charge in [-0.25, -0.2) is 9.18 Å². The summed E-state index contributed by atoms with van der Waals surface area (Å²) < 4.78 is 29.9. The Hall–Kier alpha value is -3.07. The molecule has 32 heavy (non-hydrogen) atoms. The van der Waals surface area contributed by atoms with Gasteiger partial charge in [0.15, 0.2) is 18.5 Å². The average Bonchev–Trinajstić information content (AvgIpc) is 3.28. The lowest BCUT2D eigenvalue weighted by molar-refractivity contribution is -0.150. The molecule has 168 valence electrons. The molecule has 2 aromatic carbocycles. The maximum Gasteiger partial charge on any atom is 0.347 e. The van der Waals surface area contributed by atoms with Crippen molar-refractivity contribution < 1.29 is 28.0 Å². The summed E-state index contributed by atoms with van der Waals surface area (Å²) in [6.07, 6.45) is -0.558. The highest BCUT2D eigenvalue weighted by Crippen LogP contribution is 2.23. The Morgan fingerprint density at radius 1 is 1.16 bits per heavy atom. The summed E-state index contributed by atoms with van der Waals surface area (Å²) in [5.41, 5.74) is 0.862. The molecule has 3 rings (SSSR count). The van der Waals surface area contributed by atoms with Crippen LogP contribution in [0.1, 0.15) is 49.4 Å². The van der Waals surface area contributed by atoms with Crippen molar-refractivity contribution in [3.63, 3.8) is 0 Å². The van der Waals surface area contributed by atoms with E-state index in [2.05, 4.69) is 26.1 Å². The number of ketones is 1. The Morgan fingerprint density at radius 3 is 2.47 bits per heavy atom. The van der Waals surface area contributed by atoms with Crippen LogP contribution >= 0.6 is 15.9 Å². The van der Waals surface area contributed by atoms with Crippen LogP contribution in [0.4, 0.5) is 4.39 Å². The lowest BCUT2D eigenvalue weighted by atomic mass is 10.1. The van der Waals surface area contributed by atoms with E-state index in [0.29, 0.717) is 23.9 Å². The second-order valence-corrected chi connectivity index (χ2v) is 8.16. The maximum atomic E-state index is 13.6. The minimum Gasteiger partial charge on any atom is -0.479 e. The second-order valence-electron chi connectivity index (χ2n) is 7.31. The first kappa shape index (κ1) is 23.6. The van der Waals surface area contributed by atoms with Gasteiger partial charge in [0.25, 0.3) is 0 Å². The van der Waals surface area contributed by atoms with Crippen LogP contribution in [0.25, 0.3) is 11.4 Å². The molecule has 0 N–H and O–H groups in total. The van der Waals surface area contributed by atoms with Gasteiger partial charge in [0, 0.05) is 17.0 Å². The van der Waals surface area contributed by atoms with Crippen LogP contribution < -0.4 is 4.74 Å². The zero-order valence-corrected chi connectivity index (χ0v) is 19.4. The molecule has 0 amide bonds. The fourth-order valence-corrected chi connectivity index (χ4v) is 2.96. The number of rotatable bonds is 9. The fraction of sp³-hybridized carbons (Fsp3) is 0.304. The molecule has 7 nitrogen and oxygen atoms in total. The highest BCUT2D eigenvalue weighted by atomic mass is 79.9. The van der Waals surface area contributed by atoms with Crippen molar-refractivity contribution in [3.05, 3.63) is 64.2 Å². The molecular weight excluding hydrogens is 483 g/mol. The number of esters is 1. The number of aromatic nitrogens is 2. The average molecular weight is 505 g/mol. The van der Waals surface area contributed by atoms with Crippen molar-refractivity contribution in [1.29, 1.82) is 0 Å². The monoisotopic (exact) mass is 504 g/mol. The minimum atomic E-state index is -0.895. The molecule has 0 fully saturated rings. The van der Waals surface area contributed by atoms with Gasteiger partial charge in [-0.2, -0.15) is 4.98 Å². The number of Topliss-reactive ketones (excluding diaryl/α,β-unsaturated/α-hetero) is 1. The van der Waals surface area contributed by atoms with Gasteiger partial charge in [-0.05, 0) is 64.8 Å². The Labute approximate surface area is 193 Å². The van der Waals surface area contributed by atoms with E-state index in [1.807, 2.05) is 13.8 Å². The molecule has 0 bridgehead atoms. The Kier molecular flexibility index (Phi) is 7.74. The molecule has 0 aliphatic carbocycles. The number of carbonyl (C=O) groups is 2. The lowest BCUT2D eigenvalue weighted by Crippen LogP contribution is -2.30. The highest BCUT2D eigenvalue weighted by Gasteiger charge is 2.22. The summed E-state index contributed by atoms with van der Waals surface area (Å²) in [7, 11) is 0. The van der Waals surface area contributed by atoms with Crippen molar-refractivity contribution in [2.75, 3.05) is 6.61 Å². The van der Waals surface area contributed by atoms with Crippen molar-refractivity contribution in [2.24, 2.45) is 0 Å². The van der Waals surface area contributed by atoms with E-state index in [0.717, 1.165) is 11.6 Å². The second kappa shape index (κ2) is 10.5. The largest absolute Gasteiger partial charge is 0.479 e. The molecule has 1 heterocycles. The van der Waals surface area contributed by atoms with Gasteiger partial charge in [-0.15, -0.1) is 0 Å². The van der Waals surface area contributed by atoms with Crippen LogP contribution in [0.5, 0.6) is 5.75 Å². The van der Waals surface area contributed by atoms with Crippen molar-refractivity contribution in [1.82, 2.24) is 10.1 Å². The van der Waals surface area contributed by atoms with Crippen molar-refractivity contribution in [2.45, 2.75) is 39.2 Å². The first-order valence-corrected chi connectivity index (χ1v) is 10.8. The number of hydrogen-bond donors (Lipinski definition) is 0. The Morgan fingerprint density at radius 2 is 1.88 bits per heavy atom. The van der Waals surface area contributed by atoms with Crippen LogP contribution in [0.3, 0.4) is 0 Å². The summed E-state index contributed by atoms with van der Waals surface area (Å²) in [4.78, 5) is 28.9. The van der Waals surface area contributed by atoms with Gasteiger partial charge in [0.05, 0.1) is 4.47 Å². The molecule has 1 unspecified atom stereocenters. The Bertz CT molecular complexity index is 1100. The number of carbonyl (C=O) groups excluding carboxylic acids is 2. The van der Waals surface area contributed by atoms with Crippen LogP contribution in [-0.2, 0) is 9.53 Å². The van der Waals surface area contributed by atoms with Crippen molar-refractivity contribution >= 4 is 27.7 Å². The maximum absolute atomic E-state index is 13.6. The third-order valence-electron chi connectivity index (χ3n) is 4.55. The summed E-state index contributed by atoms with van der Waals surface area (Å²) >= 11 is 3.03. The van der Waals surface area contributed by atoms with E-state index >= 15 is 0 Å². The SMILES string of the molecule is CCC(Oc1ccc(-c2noc(C(C)C)n2)cc1)C(=O)OCC(=O)c1ccc(Br)c(F)c1. The summed E-state index contributed by atoms with van der Waals surface area (Å²) in [6, 6.07) is 10.8. The third-order valence-corrected chi connectivity index (χ3v) is 5.19. The molecular formula is C23H22BrFN2O5. The quantitative estimate of drug-likeness (QED) is 0.286. The van der Waals surface area contributed by atoms with E-state index < -0.39 is 30.3 Å². The smallest absolute Gasteiger partial charge is 0.347 e. The minimum absolute atomic E-state index is 0.116. The predicted octanol–water partition coefficient (Wildman–Crippen LogP) is 5.35. The van der Waals surface area contributed by atoms with Gasteiger partial charge in [-0.3, -0.25) is 4.79 Å². The summed E-state index contributed by atoms with van der Waals surface area (Å²) in [5, 5.41) is 3.96. The van der Waals surface area contributed by atoms with E-state index in [1.54, 1.807) is 31.2 Å². The third kappa shape index (κ3) is 5.79. The van der Waals surface area contributed by atoms with Crippen LogP contribution in [-0.4, -0.2) is 34.6 Å². The number of ether oxygens (including phenoxy) is 2. The molecule has 1 aromatic heterocycles. The van der Waals surface area contributed by atoms with Crippen molar-refractivity contribution in [3.8, 4) is 17.1 Å². The first-order valence-electron chi connectivity index (χ1n) is 10.0. The van der Waals surface area contributed by atoms with E-state index in [4.69, 9.17) is 14.0 Å². The number of nitrogens with zero attached hydrogens (tertiary/aromatic N) is 2. The molecule has 0 radical (unpaired) electrons. The normalized spacial score (nSPS) is 11.9. The number of hydrogen-bond acceptors (Lipinski definition) is 7. The molecule has 3 aromatic rings. The van der Waals surface area contributed by atoms with Crippen LogP contribution in [0, 0.1) is 5.82 Å². The zero-order chi connectivity index (χ0) is 23.3. The van der Waals surface area contributed by atoms with E-state index in [-0.39, 0.29) is 16.0 Å². The summed E-state index contributed by atoms with van der Waals surface area (Å²) in [6.45, 7) is 5.18. The number of benzene rings is 2. The molecule has 0 aliphatic rings. The van der Waals surface area contributed by atoms with Gasteiger partial charge in [-0.1, -0.05) is 25.9 Å². The Balaban J connectivity index is 1.58. The lowest BCUT2D eigenvalue weighted by Gasteiger charge is -2.16. The molecule has 0 aliphatic heterocycles. The van der Waals surface area contributed by atoms with Crippen LogP contribution in [0.15, 0.2) is 51.5 Å². The van der Waals surface area contributed by atoms with Gasteiger partial charge >= 0.3 is 5.97 Å². The molecule has 0 saturated heterocycles. The highest BCUT2D eigenvalue weighted by molar-refractivity contribution is 9.10.